The molecule has 166 valence electrons. The minimum absolute atomic E-state index is 0.0697. The molecular weight excluding hydrogens is 400 g/mol. The van der Waals surface area contributed by atoms with E-state index in [2.05, 4.69) is 52.5 Å². The van der Waals surface area contributed by atoms with Crippen molar-refractivity contribution in [2.24, 2.45) is 5.92 Å². The van der Waals surface area contributed by atoms with Gasteiger partial charge in [-0.3, -0.25) is 4.79 Å². The largest absolute Gasteiger partial charge is 0.496 e. The Morgan fingerprint density at radius 1 is 1.09 bits per heavy atom. The first kappa shape index (κ1) is 21.8. The van der Waals surface area contributed by atoms with E-state index in [0.29, 0.717) is 13.1 Å². The average molecular weight is 431 g/mol. The lowest BCUT2D eigenvalue weighted by Crippen LogP contribution is -2.43. The van der Waals surface area contributed by atoms with E-state index in [0.717, 1.165) is 47.8 Å². The summed E-state index contributed by atoms with van der Waals surface area (Å²) in [4.78, 5) is 15.0. The highest BCUT2D eigenvalue weighted by Gasteiger charge is 2.26. The molecule has 1 amide bonds. The van der Waals surface area contributed by atoms with Gasteiger partial charge < -0.3 is 15.0 Å². The van der Waals surface area contributed by atoms with Crippen molar-refractivity contribution in [2.75, 3.05) is 25.1 Å². The minimum atomic E-state index is -0.0697. The maximum atomic E-state index is 12.8. The lowest BCUT2D eigenvalue weighted by molar-refractivity contribution is -0.125. The summed E-state index contributed by atoms with van der Waals surface area (Å²) in [6.07, 6.45) is 1.83. The van der Waals surface area contributed by atoms with E-state index >= 15 is 0 Å². The van der Waals surface area contributed by atoms with Crippen LogP contribution in [0, 0.1) is 19.8 Å². The van der Waals surface area contributed by atoms with E-state index in [9.17, 15) is 4.79 Å². The first-order valence-electron chi connectivity index (χ1n) is 11.1. The van der Waals surface area contributed by atoms with Crippen molar-refractivity contribution >= 4 is 11.7 Å². The predicted molar refractivity (Wildman–Crippen MR) is 127 cm³/mol. The van der Waals surface area contributed by atoms with Crippen LogP contribution in [0.2, 0.25) is 0 Å². The number of amides is 1. The highest BCUT2D eigenvalue weighted by molar-refractivity contribution is 5.79. The van der Waals surface area contributed by atoms with Gasteiger partial charge >= 0.3 is 0 Å². The number of aryl methyl sites for hydroxylation is 2. The van der Waals surface area contributed by atoms with Crippen molar-refractivity contribution < 1.29 is 9.53 Å². The SMILES string of the molecule is COc1ccccc1CNC(=O)[C@H]1CCCN(c2ccc(-c3ccc(C)c(C)c3)nn2)C1. The van der Waals surface area contributed by atoms with Gasteiger partial charge in [0.05, 0.1) is 18.7 Å². The molecule has 0 radical (unpaired) electrons. The lowest BCUT2D eigenvalue weighted by atomic mass is 9.97. The van der Waals surface area contributed by atoms with Gasteiger partial charge in [0.2, 0.25) is 5.91 Å². The second-order valence-corrected chi connectivity index (χ2v) is 8.39. The van der Waals surface area contributed by atoms with Crippen LogP contribution in [0.5, 0.6) is 5.75 Å². The van der Waals surface area contributed by atoms with Gasteiger partial charge in [-0.1, -0.05) is 30.3 Å². The summed E-state index contributed by atoms with van der Waals surface area (Å²) in [5.74, 6) is 1.61. The van der Waals surface area contributed by atoms with Crippen LogP contribution >= 0.6 is 0 Å². The Morgan fingerprint density at radius 2 is 1.94 bits per heavy atom. The van der Waals surface area contributed by atoms with Gasteiger partial charge in [-0.15, -0.1) is 10.2 Å². The Hall–Kier alpha value is -3.41. The first-order chi connectivity index (χ1) is 15.5. The molecule has 0 bridgehead atoms. The highest BCUT2D eigenvalue weighted by atomic mass is 16.5. The van der Waals surface area contributed by atoms with E-state index in [1.807, 2.05) is 36.4 Å². The molecule has 1 aromatic heterocycles. The molecule has 1 aliphatic rings. The number of carbonyl (C=O) groups is 1. The van der Waals surface area contributed by atoms with Crippen LogP contribution < -0.4 is 15.0 Å². The molecule has 0 unspecified atom stereocenters. The fourth-order valence-corrected chi connectivity index (χ4v) is 4.12. The van der Waals surface area contributed by atoms with E-state index in [-0.39, 0.29) is 11.8 Å². The van der Waals surface area contributed by atoms with Gasteiger partial charge in [0.25, 0.3) is 0 Å². The number of anilines is 1. The molecule has 0 aliphatic carbocycles. The number of methoxy groups -OCH3 is 1. The predicted octanol–water partition coefficient (Wildman–Crippen LogP) is 4.30. The topological polar surface area (TPSA) is 67.3 Å². The fraction of sp³-hybridized carbons (Fsp3) is 0.346. The van der Waals surface area contributed by atoms with Crippen molar-refractivity contribution in [3.63, 3.8) is 0 Å². The molecule has 2 aromatic carbocycles. The number of para-hydroxylation sites is 1. The monoisotopic (exact) mass is 430 g/mol. The second kappa shape index (κ2) is 9.81. The number of hydrogen-bond donors (Lipinski definition) is 1. The molecule has 4 rings (SSSR count). The highest BCUT2D eigenvalue weighted by Crippen LogP contribution is 2.25. The molecule has 1 atom stereocenters. The van der Waals surface area contributed by atoms with Crippen molar-refractivity contribution in [3.8, 4) is 17.0 Å². The van der Waals surface area contributed by atoms with Gasteiger partial charge in [-0.05, 0) is 62.1 Å². The third kappa shape index (κ3) is 4.90. The van der Waals surface area contributed by atoms with Crippen LogP contribution in [0.25, 0.3) is 11.3 Å². The third-order valence-electron chi connectivity index (χ3n) is 6.21. The van der Waals surface area contributed by atoms with Gasteiger partial charge in [0.15, 0.2) is 5.82 Å². The van der Waals surface area contributed by atoms with Crippen LogP contribution in [0.15, 0.2) is 54.6 Å². The van der Waals surface area contributed by atoms with Crippen molar-refractivity contribution in [1.29, 1.82) is 0 Å². The number of hydrogen-bond acceptors (Lipinski definition) is 5. The average Bonchev–Trinajstić information content (AvgIpc) is 2.84. The van der Waals surface area contributed by atoms with Crippen molar-refractivity contribution in [1.82, 2.24) is 15.5 Å². The van der Waals surface area contributed by atoms with Gasteiger partial charge in [0, 0.05) is 30.8 Å². The van der Waals surface area contributed by atoms with Crippen LogP contribution in [0.1, 0.15) is 29.5 Å². The summed E-state index contributed by atoms with van der Waals surface area (Å²) >= 11 is 0. The Bertz CT molecular complexity index is 1080. The van der Waals surface area contributed by atoms with Crippen molar-refractivity contribution in [3.05, 3.63) is 71.3 Å². The Labute approximate surface area is 189 Å². The maximum Gasteiger partial charge on any atom is 0.225 e. The van der Waals surface area contributed by atoms with Crippen LogP contribution in [0.4, 0.5) is 5.82 Å². The number of ether oxygens (including phenoxy) is 1. The number of rotatable bonds is 6. The van der Waals surface area contributed by atoms with Gasteiger partial charge in [-0.25, -0.2) is 0 Å². The number of carbonyl (C=O) groups excluding carboxylic acids is 1. The van der Waals surface area contributed by atoms with E-state index in [4.69, 9.17) is 4.74 Å². The summed E-state index contributed by atoms with van der Waals surface area (Å²) in [5.41, 5.74) is 5.41. The molecule has 0 spiro atoms. The summed E-state index contributed by atoms with van der Waals surface area (Å²) in [7, 11) is 1.64. The molecule has 0 saturated carbocycles. The Balaban J connectivity index is 1.39. The lowest BCUT2D eigenvalue weighted by Gasteiger charge is -2.32. The van der Waals surface area contributed by atoms with E-state index in [1.165, 1.54) is 11.1 Å². The molecule has 3 aromatic rings. The first-order valence-corrected chi connectivity index (χ1v) is 11.1. The zero-order valence-electron chi connectivity index (χ0n) is 19.0. The zero-order chi connectivity index (χ0) is 22.5. The Kier molecular flexibility index (Phi) is 6.69. The molecule has 1 N–H and O–H groups in total. The summed E-state index contributed by atoms with van der Waals surface area (Å²) in [5, 5.41) is 12.0. The van der Waals surface area contributed by atoms with Crippen LogP contribution in [-0.4, -0.2) is 36.3 Å². The number of aromatic nitrogens is 2. The number of nitrogens with one attached hydrogen (secondary N) is 1. The van der Waals surface area contributed by atoms with Crippen LogP contribution in [-0.2, 0) is 11.3 Å². The van der Waals surface area contributed by atoms with Crippen LogP contribution in [0.3, 0.4) is 0 Å². The Morgan fingerprint density at radius 3 is 2.69 bits per heavy atom. The van der Waals surface area contributed by atoms with Crippen molar-refractivity contribution in [2.45, 2.75) is 33.2 Å². The normalized spacial score (nSPS) is 16.0. The van der Waals surface area contributed by atoms with Gasteiger partial charge in [-0.2, -0.15) is 0 Å². The minimum Gasteiger partial charge on any atom is -0.496 e. The van der Waals surface area contributed by atoms with E-state index in [1.54, 1.807) is 7.11 Å². The molecule has 1 aliphatic heterocycles. The quantitative estimate of drug-likeness (QED) is 0.631. The molecule has 2 heterocycles. The summed E-state index contributed by atoms with van der Waals surface area (Å²) in [6.45, 7) is 6.20. The van der Waals surface area contributed by atoms with Gasteiger partial charge in [0.1, 0.15) is 5.75 Å². The molecule has 1 saturated heterocycles. The van der Waals surface area contributed by atoms with E-state index < -0.39 is 0 Å². The maximum absolute atomic E-state index is 12.8. The summed E-state index contributed by atoms with van der Waals surface area (Å²) in [6, 6.07) is 18.1. The number of nitrogens with zero attached hydrogens (tertiary/aromatic N) is 3. The number of piperidine rings is 1. The summed E-state index contributed by atoms with van der Waals surface area (Å²) < 4.78 is 5.38. The molecule has 6 heteroatoms. The fourth-order valence-electron chi connectivity index (χ4n) is 4.12. The standard InChI is InChI=1S/C26H30N4O2/c1-18-10-11-20(15-19(18)2)23-12-13-25(29-28-23)30-14-6-8-22(17-30)26(31)27-16-21-7-4-5-9-24(21)32-3/h4-5,7,9-13,15,22H,6,8,14,16-17H2,1-3H3,(H,27,31)/t22-/m0/s1. The second-order valence-electron chi connectivity index (χ2n) is 8.39. The molecule has 1 fully saturated rings. The molecule has 32 heavy (non-hydrogen) atoms. The smallest absolute Gasteiger partial charge is 0.225 e. The zero-order valence-corrected chi connectivity index (χ0v) is 19.0. The molecule has 6 nitrogen and oxygen atoms in total. The third-order valence-corrected chi connectivity index (χ3v) is 6.21. The molecular formula is C26H30N4O2. The number of benzene rings is 2.